The summed E-state index contributed by atoms with van der Waals surface area (Å²) in [6.07, 6.45) is 0. The van der Waals surface area contributed by atoms with Gasteiger partial charge in [0.15, 0.2) is 0 Å². The molecule has 0 unspecified atom stereocenters. The predicted octanol–water partition coefficient (Wildman–Crippen LogP) is 6.26. The number of carbonyl (C=O) groups is 1. The molecule has 142 valence electrons. The molecule has 0 N–H and O–H groups in total. The number of benzene rings is 3. The number of nitrogens with zero attached hydrogens (tertiary/aromatic N) is 2. The van der Waals surface area contributed by atoms with Crippen LogP contribution in [0.4, 0.5) is 11.4 Å². The second-order valence-corrected chi connectivity index (χ2v) is 6.51. The zero-order valence-electron chi connectivity index (χ0n) is 16.4. The Kier molecular flexibility index (Phi) is 5.84. The summed E-state index contributed by atoms with van der Waals surface area (Å²) in [6, 6.07) is 18.2. The standard InChI is InChI=1S/C23H22N2O3/c1-15-6-5-7-16(2)22(15)25-24-19-10-13-21(17(3)14-19)28-23(26)18-8-11-20(27-4)12-9-18/h5-14H,1-4H3. The number of hydrogen-bond donors (Lipinski definition) is 0. The Morgan fingerprint density at radius 2 is 1.50 bits per heavy atom. The Hall–Kier alpha value is -3.47. The van der Waals surface area contributed by atoms with Crippen LogP contribution in [0, 0.1) is 20.8 Å². The van der Waals surface area contributed by atoms with E-state index in [1.807, 2.05) is 45.0 Å². The minimum absolute atomic E-state index is 0.421. The van der Waals surface area contributed by atoms with Gasteiger partial charge in [0.05, 0.1) is 24.0 Å². The normalized spacial score (nSPS) is 10.9. The third kappa shape index (κ3) is 4.43. The maximum atomic E-state index is 12.3. The summed E-state index contributed by atoms with van der Waals surface area (Å²) in [5, 5.41) is 8.70. The highest BCUT2D eigenvalue weighted by molar-refractivity contribution is 5.91. The lowest BCUT2D eigenvalue weighted by atomic mass is 10.1. The molecule has 0 aliphatic heterocycles. The third-order valence-corrected chi connectivity index (χ3v) is 4.39. The molecule has 0 radical (unpaired) electrons. The van der Waals surface area contributed by atoms with Crippen LogP contribution in [0.1, 0.15) is 27.0 Å². The molecule has 0 bridgehead atoms. The molecule has 3 aromatic carbocycles. The van der Waals surface area contributed by atoms with Gasteiger partial charge in [-0.3, -0.25) is 0 Å². The lowest BCUT2D eigenvalue weighted by molar-refractivity contribution is 0.0733. The Balaban J connectivity index is 1.75. The highest BCUT2D eigenvalue weighted by Gasteiger charge is 2.11. The molecule has 0 saturated heterocycles. The SMILES string of the molecule is COc1ccc(C(=O)Oc2ccc(N=Nc3c(C)cccc3C)cc2C)cc1. The molecule has 0 aliphatic carbocycles. The molecule has 5 heteroatoms. The monoisotopic (exact) mass is 374 g/mol. The number of esters is 1. The summed E-state index contributed by atoms with van der Waals surface area (Å²) in [4.78, 5) is 12.3. The molecular weight excluding hydrogens is 352 g/mol. The van der Waals surface area contributed by atoms with Gasteiger partial charge in [-0.2, -0.15) is 10.2 Å². The quantitative estimate of drug-likeness (QED) is 0.301. The van der Waals surface area contributed by atoms with Gasteiger partial charge in [0, 0.05) is 0 Å². The van der Waals surface area contributed by atoms with E-state index in [1.54, 1.807) is 43.5 Å². The molecule has 5 nitrogen and oxygen atoms in total. The number of ether oxygens (including phenoxy) is 2. The average Bonchev–Trinajstić information content (AvgIpc) is 2.69. The van der Waals surface area contributed by atoms with Crippen molar-refractivity contribution in [1.29, 1.82) is 0 Å². The summed E-state index contributed by atoms with van der Waals surface area (Å²) in [5.41, 5.74) is 4.98. The van der Waals surface area contributed by atoms with E-state index in [1.165, 1.54) is 0 Å². The molecule has 0 fully saturated rings. The topological polar surface area (TPSA) is 60.2 Å². The minimum Gasteiger partial charge on any atom is -0.497 e. The van der Waals surface area contributed by atoms with Gasteiger partial charge in [-0.15, -0.1) is 0 Å². The van der Waals surface area contributed by atoms with Crippen LogP contribution in [-0.4, -0.2) is 13.1 Å². The molecule has 0 spiro atoms. The number of aryl methyl sites for hydroxylation is 3. The molecule has 0 saturated carbocycles. The van der Waals surface area contributed by atoms with Crippen molar-refractivity contribution in [3.8, 4) is 11.5 Å². The van der Waals surface area contributed by atoms with E-state index in [0.717, 1.165) is 22.4 Å². The van der Waals surface area contributed by atoms with E-state index in [4.69, 9.17) is 9.47 Å². The molecule has 0 aromatic heterocycles. The average molecular weight is 374 g/mol. The summed E-state index contributed by atoms with van der Waals surface area (Å²) in [5.74, 6) is 0.758. The van der Waals surface area contributed by atoms with Gasteiger partial charge in [0.25, 0.3) is 0 Å². The van der Waals surface area contributed by atoms with Crippen LogP contribution >= 0.6 is 0 Å². The fourth-order valence-electron chi connectivity index (χ4n) is 2.77. The van der Waals surface area contributed by atoms with Crippen LogP contribution in [0.25, 0.3) is 0 Å². The van der Waals surface area contributed by atoms with Gasteiger partial charge < -0.3 is 9.47 Å². The van der Waals surface area contributed by atoms with E-state index in [2.05, 4.69) is 10.2 Å². The van der Waals surface area contributed by atoms with Crippen molar-refractivity contribution in [3.05, 3.63) is 82.9 Å². The summed E-state index contributed by atoms with van der Waals surface area (Å²) in [6.45, 7) is 5.89. The van der Waals surface area contributed by atoms with E-state index < -0.39 is 5.97 Å². The Bertz CT molecular complexity index is 1000. The lowest BCUT2D eigenvalue weighted by Gasteiger charge is -2.08. The van der Waals surface area contributed by atoms with Crippen molar-refractivity contribution < 1.29 is 14.3 Å². The molecule has 28 heavy (non-hydrogen) atoms. The minimum atomic E-state index is -0.421. The van der Waals surface area contributed by atoms with Crippen LogP contribution in [0.2, 0.25) is 0 Å². The first-order valence-electron chi connectivity index (χ1n) is 8.93. The van der Waals surface area contributed by atoms with E-state index in [-0.39, 0.29) is 0 Å². The van der Waals surface area contributed by atoms with Gasteiger partial charge in [-0.25, -0.2) is 4.79 Å². The summed E-state index contributed by atoms with van der Waals surface area (Å²) in [7, 11) is 1.58. The number of methoxy groups -OCH3 is 1. The van der Waals surface area contributed by atoms with Crippen LogP contribution in [0.3, 0.4) is 0 Å². The summed E-state index contributed by atoms with van der Waals surface area (Å²) >= 11 is 0. The largest absolute Gasteiger partial charge is 0.497 e. The van der Waals surface area contributed by atoms with Crippen LogP contribution in [-0.2, 0) is 0 Å². The molecule has 3 aromatic rings. The van der Waals surface area contributed by atoms with Gasteiger partial charge in [-0.05, 0) is 79.9 Å². The van der Waals surface area contributed by atoms with Crippen molar-refractivity contribution in [2.45, 2.75) is 20.8 Å². The molecule has 0 heterocycles. The Labute approximate surface area is 164 Å². The van der Waals surface area contributed by atoms with Gasteiger partial charge in [0.2, 0.25) is 0 Å². The Morgan fingerprint density at radius 1 is 0.821 bits per heavy atom. The lowest BCUT2D eigenvalue weighted by Crippen LogP contribution is -2.09. The van der Waals surface area contributed by atoms with Crippen molar-refractivity contribution >= 4 is 17.3 Å². The first kappa shape index (κ1) is 19.3. The first-order valence-corrected chi connectivity index (χ1v) is 8.93. The first-order chi connectivity index (χ1) is 13.5. The van der Waals surface area contributed by atoms with Gasteiger partial charge in [0.1, 0.15) is 11.5 Å². The Morgan fingerprint density at radius 3 is 2.11 bits per heavy atom. The second kappa shape index (κ2) is 8.48. The van der Waals surface area contributed by atoms with Crippen molar-refractivity contribution in [2.75, 3.05) is 7.11 Å². The molecule has 0 amide bonds. The third-order valence-electron chi connectivity index (χ3n) is 4.39. The molecule has 0 aliphatic rings. The zero-order valence-corrected chi connectivity index (χ0v) is 16.4. The van der Waals surface area contributed by atoms with Crippen molar-refractivity contribution in [3.63, 3.8) is 0 Å². The van der Waals surface area contributed by atoms with Crippen molar-refractivity contribution in [2.24, 2.45) is 10.2 Å². The second-order valence-electron chi connectivity index (χ2n) is 6.51. The number of hydrogen-bond acceptors (Lipinski definition) is 5. The highest BCUT2D eigenvalue weighted by atomic mass is 16.5. The molecule has 0 atom stereocenters. The van der Waals surface area contributed by atoms with Crippen LogP contribution in [0.5, 0.6) is 11.5 Å². The maximum Gasteiger partial charge on any atom is 0.343 e. The number of azo groups is 1. The van der Waals surface area contributed by atoms with E-state index in [9.17, 15) is 4.79 Å². The molecular formula is C23H22N2O3. The number of carbonyl (C=O) groups excluding carboxylic acids is 1. The fourth-order valence-corrected chi connectivity index (χ4v) is 2.77. The number of rotatable bonds is 5. The molecule has 3 rings (SSSR count). The van der Waals surface area contributed by atoms with Crippen LogP contribution in [0.15, 0.2) is 70.9 Å². The van der Waals surface area contributed by atoms with E-state index >= 15 is 0 Å². The smallest absolute Gasteiger partial charge is 0.343 e. The van der Waals surface area contributed by atoms with Crippen LogP contribution < -0.4 is 9.47 Å². The predicted molar refractivity (Wildman–Crippen MR) is 109 cm³/mol. The highest BCUT2D eigenvalue weighted by Crippen LogP contribution is 2.28. The fraction of sp³-hybridized carbons (Fsp3) is 0.174. The summed E-state index contributed by atoms with van der Waals surface area (Å²) < 4.78 is 10.6. The van der Waals surface area contributed by atoms with Gasteiger partial charge in [-0.1, -0.05) is 18.2 Å². The van der Waals surface area contributed by atoms with Gasteiger partial charge >= 0.3 is 5.97 Å². The van der Waals surface area contributed by atoms with E-state index in [0.29, 0.717) is 22.7 Å². The zero-order chi connectivity index (χ0) is 20.1. The maximum absolute atomic E-state index is 12.3. The van der Waals surface area contributed by atoms with Crippen molar-refractivity contribution in [1.82, 2.24) is 0 Å².